The number of ether oxygens (including phenoxy) is 1. The highest BCUT2D eigenvalue weighted by molar-refractivity contribution is 8.11. The maximum atomic E-state index is 10.8. The molecule has 118 valence electrons. The van der Waals surface area contributed by atoms with Gasteiger partial charge in [0.05, 0.1) is 4.88 Å². The van der Waals surface area contributed by atoms with Gasteiger partial charge < -0.3 is 9.84 Å². The predicted molar refractivity (Wildman–Crippen MR) is 95.4 cm³/mol. The highest BCUT2D eigenvalue weighted by Gasteiger charge is 2.31. The van der Waals surface area contributed by atoms with Crippen molar-refractivity contribution in [3.8, 4) is 0 Å². The van der Waals surface area contributed by atoms with Crippen LogP contribution in [0.3, 0.4) is 0 Å². The molecule has 0 spiro atoms. The average Bonchev–Trinajstić information content (AvgIpc) is 2.95. The molecule has 0 radical (unpaired) electrons. The molecule has 1 heterocycles. The molecule has 0 saturated heterocycles. The summed E-state index contributed by atoms with van der Waals surface area (Å²) in [5, 5.41) is 12.6. The minimum atomic E-state index is -1.16. The van der Waals surface area contributed by atoms with E-state index in [0.717, 1.165) is 27.5 Å². The summed E-state index contributed by atoms with van der Waals surface area (Å²) in [7, 11) is 0. The Morgan fingerprint density at radius 3 is 2.76 bits per heavy atom. The summed E-state index contributed by atoms with van der Waals surface area (Å²) in [6.07, 6.45) is 5.13. The Labute approximate surface area is 136 Å². The third kappa shape index (κ3) is 5.62. The van der Waals surface area contributed by atoms with Crippen molar-refractivity contribution in [1.29, 1.82) is 0 Å². The van der Waals surface area contributed by atoms with Crippen LogP contribution >= 0.6 is 23.1 Å². The van der Waals surface area contributed by atoms with Crippen molar-refractivity contribution < 1.29 is 9.84 Å². The summed E-state index contributed by atoms with van der Waals surface area (Å²) >= 11 is 3.05. The lowest BCUT2D eigenvalue weighted by Gasteiger charge is -2.26. The van der Waals surface area contributed by atoms with E-state index in [1.807, 2.05) is 19.1 Å². The first-order valence-electron chi connectivity index (χ1n) is 7.50. The lowest BCUT2D eigenvalue weighted by Crippen LogP contribution is -2.28. The van der Waals surface area contributed by atoms with E-state index in [4.69, 9.17) is 4.74 Å². The number of thiophene rings is 1. The SMILES string of the molecule is C=CSC(=C)c1ccc(C(O)(CCCCCC)OCC)s1. The average molecular weight is 327 g/mol. The molecule has 21 heavy (non-hydrogen) atoms. The molecular weight excluding hydrogens is 300 g/mol. The van der Waals surface area contributed by atoms with Crippen molar-refractivity contribution in [2.45, 2.75) is 51.7 Å². The second-order valence-electron chi connectivity index (χ2n) is 4.90. The van der Waals surface area contributed by atoms with Gasteiger partial charge in [-0.1, -0.05) is 51.1 Å². The van der Waals surface area contributed by atoms with Gasteiger partial charge in [0.2, 0.25) is 5.79 Å². The highest BCUT2D eigenvalue weighted by Crippen LogP contribution is 2.38. The molecule has 1 N–H and O–H groups in total. The van der Waals surface area contributed by atoms with E-state index in [2.05, 4.69) is 20.1 Å². The number of hydrogen-bond donors (Lipinski definition) is 1. The largest absolute Gasteiger partial charge is 0.361 e. The van der Waals surface area contributed by atoms with Gasteiger partial charge in [0.25, 0.3) is 0 Å². The van der Waals surface area contributed by atoms with Gasteiger partial charge in [-0.25, -0.2) is 0 Å². The number of thioether (sulfide) groups is 1. The molecule has 0 saturated carbocycles. The van der Waals surface area contributed by atoms with Crippen LogP contribution in [0.5, 0.6) is 0 Å². The van der Waals surface area contributed by atoms with Crippen LogP contribution in [0.25, 0.3) is 4.91 Å². The van der Waals surface area contributed by atoms with Gasteiger partial charge in [-0.3, -0.25) is 0 Å². The maximum absolute atomic E-state index is 10.8. The molecule has 0 fully saturated rings. The summed E-state index contributed by atoms with van der Waals surface area (Å²) in [5.41, 5.74) is 0. The molecule has 0 amide bonds. The topological polar surface area (TPSA) is 29.5 Å². The fraction of sp³-hybridized carbons (Fsp3) is 0.529. The molecule has 0 aliphatic rings. The zero-order valence-corrected chi connectivity index (χ0v) is 14.7. The molecule has 1 atom stereocenters. The lowest BCUT2D eigenvalue weighted by molar-refractivity contribution is -0.212. The van der Waals surface area contributed by atoms with Crippen molar-refractivity contribution >= 4 is 28.0 Å². The molecule has 4 heteroatoms. The maximum Gasteiger partial charge on any atom is 0.201 e. The highest BCUT2D eigenvalue weighted by atomic mass is 32.2. The van der Waals surface area contributed by atoms with Crippen molar-refractivity contribution in [2.24, 2.45) is 0 Å². The number of hydrogen-bond acceptors (Lipinski definition) is 4. The van der Waals surface area contributed by atoms with E-state index in [0.29, 0.717) is 13.0 Å². The minimum absolute atomic E-state index is 0.500. The first kappa shape index (κ1) is 18.5. The fourth-order valence-corrected chi connectivity index (χ4v) is 3.75. The standard InChI is InChI=1S/C17H26O2S2/c1-5-8-9-10-13-17(18,19-6-2)16-12-11-15(21-16)14(4)20-7-3/h7,11-12,18H,3-6,8-10,13H2,1-2H3. The normalized spacial score (nSPS) is 13.9. The fourth-order valence-electron chi connectivity index (χ4n) is 2.15. The second-order valence-corrected chi connectivity index (χ2v) is 7.05. The van der Waals surface area contributed by atoms with Crippen LogP contribution in [0, 0.1) is 0 Å². The van der Waals surface area contributed by atoms with Gasteiger partial charge in [-0.2, -0.15) is 0 Å². The van der Waals surface area contributed by atoms with E-state index in [9.17, 15) is 5.11 Å². The van der Waals surface area contributed by atoms with Gasteiger partial charge in [-0.15, -0.1) is 11.3 Å². The molecule has 1 aromatic rings. The molecule has 0 aliphatic carbocycles. The summed E-state index contributed by atoms with van der Waals surface area (Å²) in [5.74, 6) is -1.16. The Morgan fingerprint density at radius 2 is 2.14 bits per heavy atom. The number of rotatable bonds is 11. The summed E-state index contributed by atoms with van der Waals surface area (Å²) in [6.45, 7) is 12.3. The van der Waals surface area contributed by atoms with E-state index in [1.165, 1.54) is 24.6 Å². The van der Waals surface area contributed by atoms with Crippen molar-refractivity contribution in [3.63, 3.8) is 0 Å². The zero-order chi connectivity index (χ0) is 15.7. The summed E-state index contributed by atoms with van der Waals surface area (Å²) in [4.78, 5) is 2.87. The molecule has 2 nitrogen and oxygen atoms in total. The van der Waals surface area contributed by atoms with E-state index in [-0.39, 0.29) is 0 Å². The predicted octanol–water partition coefficient (Wildman–Crippen LogP) is 5.75. The Balaban J connectivity index is 2.79. The summed E-state index contributed by atoms with van der Waals surface area (Å²) < 4.78 is 5.66. The molecular formula is C17H26O2S2. The third-order valence-corrected chi connectivity index (χ3v) is 5.32. The van der Waals surface area contributed by atoms with Gasteiger partial charge in [0.15, 0.2) is 0 Å². The van der Waals surface area contributed by atoms with E-state index in [1.54, 1.807) is 16.7 Å². The quantitative estimate of drug-likeness (QED) is 0.415. The van der Waals surface area contributed by atoms with E-state index >= 15 is 0 Å². The smallest absolute Gasteiger partial charge is 0.201 e. The van der Waals surface area contributed by atoms with Gasteiger partial charge in [0, 0.05) is 22.8 Å². The Morgan fingerprint density at radius 1 is 1.38 bits per heavy atom. The van der Waals surface area contributed by atoms with Gasteiger partial charge in [-0.05, 0) is 30.9 Å². The number of aliphatic hydroxyl groups is 1. The van der Waals surface area contributed by atoms with Crippen molar-refractivity contribution in [2.75, 3.05) is 6.61 Å². The molecule has 1 aromatic heterocycles. The minimum Gasteiger partial charge on any atom is -0.361 e. The Kier molecular flexibility index (Phi) is 8.34. The van der Waals surface area contributed by atoms with Crippen LogP contribution in [-0.2, 0) is 10.5 Å². The zero-order valence-electron chi connectivity index (χ0n) is 13.1. The Hall–Kier alpha value is -0.550. The van der Waals surface area contributed by atoms with Crippen LogP contribution in [0.15, 0.2) is 30.7 Å². The molecule has 0 aliphatic heterocycles. The monoisotopic (exact) mass is 326 g/mol. The van der Waals surface area contributed by atoms with Crippen LogP contribution in [0.1, 0.15) is 55.7 Å². The van der Waals surface area contributed by atoms with Crippen molar-refractivity contribution in [1.82, 2.24) is 0 Å². The van der Waals surface area contributed by atoms with Crippen molar-refractivity contribution in [3.05, 3.63) is 40.5 Å². The van der Waals surface area contributed by atoms with Crippen LogP contribution in [0.2, 0.25) is 0 Å². The first-order valence-corrected chi connectivity index (χ1v) is 9.20. The van der Waals surface area contributed by atoms with Crippen LogP contribution < -0.4 is 0 Å². The second kappa shape index (κ2) is 9.46. The third-order valence-electron chi connectivity index (χ3n) is 3.24. The Bertz CT molecular complexity index is 453. The lowest BCUT2D eigenvalue weighted by atomic mass is 10.0. The number of unbranched alkanes of at least 4 members (excludes halogenated alkanes) is 3. The molecule has 1 unspecified atom stereocenters. The van der Waals surface area contributed by atoms with Gasteiger partial charge in [0.1, 0.15) is 0 Å². The summed E-state index contributed by atoms with van der Waals surface area (Å²) in [6, 6.07) is 3.94. The van der Waals surface area contributed by atoms with Crippen LogP contribution in [-0.4, -0.2) is 11.7 Å². The first-order chi connectivity index (χ1) is 10.1. The van der Waals surface area contributed by atoms with E-state index < -0.39 is 5.79 Å². The molecule has 1 rings (SSSR count). The van der Waals surface area contributed by atoms with Gasteiger partial charge >= 0.3 is 0 Å². The molecule has 0 bridgehead atoms. The molecule has 0 aromatic carbocycles. The van der Waals surface area contributed by atoms with Crippen LogP contribution in [0.4, 0.5) is 0 Å².